The zero-order chi connectivity index (χ0) is 19.1. The van der Waals surface area contributed by atoms with Crippen molar-refractivity contribution in [1.29, 1.82) is 0 Å². The van der Waals surface area contributed by atoms with Crippen LogP contribution in [0.5, 0.6) is 0 Å². The minimum atomic E-state index is -0.583. The number of nitrogens with zero attached hydrogens (tertiary/aromatic N) is 1. The van der Waals surface area contributed by atoms with Gasteiger partial charge in [0.05, 0.1) is 22.5 Å². The number of rotatable bonds is 6. The highest BCUT2D eigenvalue weighted by molar-refractivity contribution is 6.33. The van der Waals surface area contributed by atoms with Crippen LogP contribution in [-0.2, 0) is 4.74 Å². The van der Waals surface area contributed by atoms with Crippen molar-refractivity contribution in [2.45, 2.75) is 0 Å². The van der Waals surface area contributed by atoms with Gasteiger partial charge in [-0.25, -0.2) is 4.79 Å². The van der Waals surface area contributed by atoms with Crippen LogP contribution in [0, 0.1) is 12.3 Å². The number of ether oxygens (including phenoxy) is 1. The number of benzene rings is 2. The molecule has 0 aliphatic heterocycles. The Bertz CT molecular complexity index is 1000. The molecule has 2 aromatic carbocycles. The summed E-state index contributed by atoms with van der Waals surface area (Å²) in [5.74, 6) is 2.78. The smallest absolute Gasteiger partial charge is 0.340 e. The zero-order valence-corrected chi connectivity index (χ0v) is 14.9. The van der Waals surface area contributed by atoms with Crippen molar-refractivity contribution in [2.75, 3.05) is 12.0 Å². The molecule has 0 aliphatic carbocycles. The van der Waals surface area contributed by atoms with Gasteiger partial charge in [0.25, 0.3) is 0 Å². The summed E-state index contributed by atoms with van der Waals surface area (Å²) in [6.07, 6.45) is 6.67. The lowest BCUT2D eigenvalue weighted by Gasteiger charge is -2.05. The van der Waals surface area contributed by atoms with Gasteiger partial charge in [-0.2, -0.15) is 5.10 Å². The van der Waals surface area contributed by atoms with E-state index in [1.165, 1.54) is 0 Å². The Balaban J connectivity index is 1.74. The number of nitrogens with one attached hydrogen (secondary N) is 1. The van der Waals surface area contributed by atoms with Gasteiger partial charge in [-0.05, 0) is 42.5 Å². The van der Waals surface area contributed by atoms with Crippen molar-refractivity contribution < 1.29 is 13.9 Å². The maximum Gasteiger partial charge on any atom is 0.340 e. The Morgan fingerprint density at radius 1 is 1.22 bits per heavy atom. The molecule has 27 heavy (non-hydrogen) atoms. The minimum absolute atomic E-state index is 0.116. The Hall–Kier alpha value is -3.49. The van der Waals surface area contributed by atoms with Gasteiger partial charge in [-0.1, -0.05) is 35.7 Å². The lowest BCUT2D eigenvalue weighted by atomic mass is 10.1. The van der Waals surface area contributed by atoms with Crippen LogP contribution in [0.3, 0.4) is 0 Å². The number of carbonyl (C=O) groups excluding carboxylic acids is 1. The van der Waals surface area contributed by atoms with Crippen LogP contribution in [0.4, 0.5) is 5.69 Å². The van der Waals surface area contributed by atoms with Crippen LogP contribution in [0.25, 0.3) is 11.3 Å². The molecule has 3 aromatic rings. The quantitative estimate of drug-likeness (QED) is 0.288. The van der Waals surface area contributed by atoms with E-state index in [1.54, 1.807) is 36.5 Å². The van der Waals surface area contributed by atoms with Gasteiger partial charge in [0.2, 0.25) is 0 Å². The maximum atomic E-state index is 12.0. The average Bonchev–Trinajstić information content (AvgIpc) is 3.16. The van der Waals surface area contributed by atoms with Crippen molar-refractivity contribution in [3.8, 4) is 23.7 Å². The van der Waals surface area contributed by atoms with Crippen molar-refractivity contribution in [3.05, 3.63) is 77.0 Å². The van der Waals surface area contributed by atoms with E-state index < -0.39 is 5.97 Å². The molecule has 5 nitrogen and oxygen atoms in total. The Morgan fingerprint density at radius 3 is 2.81 bits per heavy atom. The summed E-state index contributed by atoms with van der Waals surface area (Å²) < 4.78 is 10.7. The van der Waals surface area contributed by atoms with Crippen LogP contribution in [0.15, 0.2) is 70.2 Å². The number of hydrogen-bond acceptors (Lipinski definition) is 5. The molecule has 0 saturated carbocycles. The zero-order valence-electron chi connectivity index (χ0n) is 14.2. The second kappa shape index (κ2) is 8.75. The van der Waals surface area contributed by atoms with Crippen molar-refractivity contribution in [1.82, 2.24) is 0 Å². The third-order valence-electron chi connectivity index (χ3n) is 3.54. The predicted molar refractivity (Wildman–Crippen MR) is 106 cm³/mol. The molecule has 0 unspecified atom stereocenters. The van der Waals surface area contributed by atoms with Gasteiger partial charge in [0.1, 0.15) is 11.5 Å². The third kappa shape index (κ3) is 4.78. The molecule has 1 heterocycles. The number of hydrogen-bond donors (Lipinski definition) is 1. The number of terminal acetylenes is 1. The first-order chi connectivity index (χ1) is 13.2. The summed E-state index contributed by atoms with van der Waals surface area (Å²) in [6.45, 7) is -0.116. The molecule has 134 valence electrons. The lowest BCUT2D eigenvalue weighted by Crippen LogP contribution is -2.06. The normalized spacial score (nSPS) is 10.5. The summed E-state index contributed by atoms with van der Waals surface area (Å²) in [6, 6.07) is 18.1. The van der Waals surface area contributed by atoms with Gasteiger partial charge in [-0.15, -0.1) is 6.42 Å². The van der Waals surface area contributed by atoms with Crippen molar-refractivity contribution >= 4 is 29.5 Å². The Kier molecular flexibility index (Phi) is 5.93. The second-order valence-corrected chi connectivity index (χ2v) is 5.82. The molecule has 3 rings (SSSR count). The molecule has 6 heteroatoms. The molecule has 0 fully saturated rings. The van der Waals surface area contributed by atoms with Crippen LogP contribution < -0.4 is 5.43 Å². The van der Waals surface area contributed by atoms with Gasteiger partial charge < -0.3 is 9.15 Å². The molecular formula is C21H15ClN2O3. The van der Waals surface area contributed by atoms with E-state index in [0.29, 0.717) is 17.1 Å². The molecule has 0 amide bonds. The maximum absolute atomic E-state index is 12.0. The highest BCUT2D eigenvalue weighted by Gasteiger charge is 2.14. The van der Waals surface area contributed by atoms with Crippen LogP contribution >= 0.6 is 11.6 Å². The number of carbonyl (C=O) groups is 1. The summed E-state index contributed by atoms with van der Waals surface area (Å²) in [4.78, 5) is 12.0. The first kappa shape index (κ1) is 18.3. The van der Waals surface area contributed by atoms with E-state index in [-0.39, 0.29) is 17.2 Å². The molecule has 0 atom stereocenters. The standard InChI is InChI=1S/C21H15ClN2O3/c1-2-12-26-21(25)18-13-15(8-10-19(18)22)20-11-9-17(27-20)14-23-24-16-6-4-3-5-7-16/h1,3-11,13-14,24H,12H2. The van der Waals surface area contributed by atoms with E-state index in [2.05, 4.69) is 16.4 Å². The predicted octanol–water partition coefficient (Wildman–Crippen LogP) is 4.84. The molecule has 0 bridgehead atoms. The summed E-state index contributed by atoms with van der Waals surface area (Å²) in [7, 11) is 0. The Labute approximate surface area is 161 Å². The second-order valence-electron chi connectivity index (χ2n) is 5.41. The minimum Gasteiger partial charge on any atom is -0.455 e. The monoisotopic (exact) mass is 378 g/mol. The summed E-state index contributed by atoms with van der Waals surface area (Å²) >= 11 is 6.08. The fourth-order valence-electron chi connectivity index (χ4n) is 2.28. The number of hydrazone groups is 1. The first-order valence-corrected chi connectivity index (χ1v) is 8.39. The molecule has 1 aromatic heterocycles. The molecule has 1 N–H and O–H groups in total. The van der Waals surface area contributed by atoms with E-state index >= 15 is 0 Å². The van der Waals surface area contributed by atoms with Gasteiger partial charge >= 0.3 is 5.97 Å². The van der Waals surface area contributed by atoms with Gasteiger partial charge in [0.15, 0.2) is 6.61 Å². The SMILES string of the molecule is C#CCOC(=O)c1cc(-c2ccc(C=NNc3ccccc3)o2)ccc1Cl. The van der Waals surface area contributed by atoms with Gasteiger partial charge in [-0.3, -0.25) is 5.43 Å². The molecule has 0 radical (unpaired) electrons. The van der Waals surface area contributed by atoms with Gasteiger partial charge in [0, 0.05) is 5.56 Å². The van der Waals surface area contributed by atoms with E-state index in [9.17, 15) is 4.79 Å². The highest BCUT2D eigenvalue weighted by Crippen LogP contribution is 2.27. The highest BCUT2D eigenvalue weighted by atomic mass is 35.5. The number of furan rings is 1. The summed E-state index contributed by atoms with van der Waals surface area (Å²) in [5, 5.41) is 4.41. The topological polar surface area (TPSA) is 63.8 Å². The van der Waals surface area contributed by atoms with Crippen LogP contribution in [0.1, 0.15) is 16.1 Å². The number of para-hydroxylation sites is 1. The fourth-order valence-corrected chi connectivity index (χ4v) is 2.48. The summed E-state index contributed by atoms with van der Waals surface area (Å²) in [5.41, 5.74) is 4.68. The molecular weight excluding hydrogens is 364 g/mol. The van der Waals surface area contributed by atoms with Crippen LogP contribution in [-0.4, -0.2) is 18.8 Å². The number of anilines is 1. The fraction of sp³-hybridized carbons (Fsp3) is 0.0476. The average molecular weight is 379 g/mol. The first-order valence-electron chi connectivity index (χ1n) is 8.02. The van der Waals surface area contributed by atoms with E-state index in [0.717, 1.165) is 5.69 Å². The lowest BCUT2D eigenvalue weighted by molar-refractivity contribution is 0.0557. The van der Waals surface area contributed by atoms with Crippen molar-refractivity contribution in [2.24, 2.45) is 5.10 Å². The van der Waals surface area contributed by atoms with Crippen molar-refractivity contribution in [3.63, 3.8) is 0 Å². The number of halogens is 1. The molecule has 0 spiro atoms. The number of esters is 1. The van der Waals surface area contributed by atoms with E-state index in [1.807, 2.05) is 30.3 Å². The van der Waals surface area contributed by atoms with Crippen LogP contribution in [0.2, 0.25) is 5.02 Å². The molecule has 0 saturated heterocycles. The Morgan fingerprint density at radius 2 is 2.04 bits per heavy atom. The molecule has 0 aliphatic rings. The largest absolute Gasteiger partial charge is 0.455 e. The third-order valence-corrected chi connectivity index (χ3v) is 3.87. The van der Waals surface area contributed by atoms with E-state index in [4.69, 9.17) is 27.2 Å².